The Balaban J connectivity index is 1.89. The fourth-order valence-corrected chi connectivity index (χ4v) is 4.72. The lowest BCUT2D eigenvalue weighted by molar-refractivity contribution is 0.0226. The van der Waals surface area contributed by atoms with Crippen LogP contribution in [0.5, 0.6) is 0 Å². The van der Waals surface area contributed by atoms with Crippen LogP contribution in [0.2, 0.25) is 10.3 Å². The molecule has 0 bridgehead atoms. The largest absolute Gasteiger partial charge is 0.465 e. The molecule has 11 heteroatoms. The second-order valence-corrected chi connectivity index (χ2v) is 9.63. The molecular weight excluding hydrogens is 465 g/mol. The van der Waals surface area contributed by atoms with Gasteiger partial charge in [-0.05, 0) is 44.9 Å². The maximum atomic E-state index is 12.7. The third-order valence-electron chi connectivity index (χ3n) is 4.38. The normalized spacial score (nSPS) is 13.4. The molecule has 0 unspecified atom stereocenters. The third kappa shape index (κ3) is 5.28. The first-order valence-corrected chi connectivity index (χ1v) is 10.9. The Hall–Kier alpha value is -2.36. The Labute approximate surface area is 193 Å². The zero-order valence-electron chi connectivity index (χ0n) is 17.4. The minimum Gasteiger partial charge on any atom is -0.465 e. The highest BCUT2D eigenvalue weighted by Gasteiger charge is 2.32. The number of pyridine rings is 1. The number of aromatic nitrogens is 1. The summed E-state index contributed by atoms with van der Waals surface area (Å²) < 4.78 is 10.4. The number of nitrogens with one attached hydrogen (secondary N) is 1. The molecule has 1 aliphatic rings. The van der Waals surface area contributed by atoms with Crippen molar-refractivity contribution in [3.05, 3.63) is 44.0 Å². The molecule has 2 amide bonds. The van der Waals surface area contributed by atoms with Gasteiger partial charge in [-0.3, -0.25) is 4.79 Å². The molecule has 0 saturated carbocycles. The summed E-state index contributed by atoms with van der Waals surface area (Å²) >= 11 is 13.0. The number of amides is 2. The summed E-state index contributed by atoms with van der Waals surface area (Å²) in [6, 6.07) is 2.89. The number of halogens is 2. The molecule has 0 atom stereocenters. The summed E-state index contributed by atoms with van der Waals surface area (Å²) in [5.41, 5.74) is 0.517. The summed E-state index contributed by atoms with van der Waals surface area (Å²) in [4.78, 5) is 43.9. The fourth-order valence-electron chi connectivity index (χ4n) is 3.04. The van der Waals surface area contributed by atoms with Gasteiger partial charge < -0.3 is 19.7 Å². The maximum absolute atomic E-state index is 12.7. The molecule has 3 heterocycles. The summed E-state index contributed by atoms with van der Waals surface area (Å²) in [5, 5.41) is 3.14. The standard InChI is InChI=1S/C20H21Cl2N3O5S/c1-20(2,3)30-19(28)25-8-7-10-12(9-25)31-17(14(10)18(27)29-4)24-16(26)11-5-6-13(21)23-15(11)22/h5-6H,7-9H2,1-4H3,(H,24,26). The van der Waals surface area contributed by atoms with Crippen molar-refractivity contribution >= 4 is 57.5 Å². The maximum Gasteiger partial charge on any atom is 0.410 e. The molecule has 0 aliphatic carbocycles. The molecular formula is C20H21Cl2N3O5S. The monoisotopic (exact) mass is 485 g/mol. The van der Waals surface area contributed by atoms with Crippen molar-refractivity contribution in [3.63, 3.8) is 0 Å². The molecule has 0 saturated heterocycles. The lowest BCUT2D eigenvalue weighted by Crippen LogP contribution is -2.39. The van der Waals surface area contributed by atoms with E-state index in [-0.39, 0.29) is 28.0 Å². The van der Waals surface area contributed by atoms with Gasteiger partial charge in [0.05, 0.1) is 24.8 Å². The van der Waals surface area contributed by atoms with Gasteiger partial charge in [0.1, 0.15) is 20.9 Å². The molecule has 31 heavy (non-hydrogen) atoms. The molecule has 2 aromatic rings. The topological polar surface area (TPSA) is 97.8 Å². The highest BCUT2D eigenvalue weighted by Crippen LogP contribution is 2.38. The van der Waals surface area contributed by atoms with E-state index in [1.54, 1.807) is 25.7 Å². The van der Waals surface area contributed by atoms with Crippen molar-refractivity contribution < 1.29 is 23.9 Å². The highest BCUT2D eigenvalue weighted by atomic mass is 35.5. The Kier molecular flexibility index (Phi) is 6.78. The van der Waals surface area contributed by atoms with E-state index in [2.05, 4.69) is 10.3 Å². The number of carbonyl (C=O) groups excluding carboxylic acids is 3. The van der Waals surface area contributed by atoms with E-state index in [0.717, 1.165) is 10.4 Å². The predicted molar refractivity (Wildman–Crippen MR) is 118 cm³/mol. The lowest BCUT2D eigenvalue weighted by atomic mass is 10.0. The minimum atomic E-state index is -0.616. The summed E-state index contributed by atoms with van der Waals surface area (Å²) in [6.45, 7) is 6.03. The molecule has 166 valence electrons. The quantitative estimate of drug-likeness (QED) is 0.495. The smallest absolute Gasteiger partial charge is 0.410 e. The van der Waals surface area contributed by atoms with Gasteiger partial charge >= 0.3 is 12.1 Å². The number of ether oxygens (including phenoxy) is 2. The van der Waals surface area contributed by atoms with E-state index >= 15 is 0 Å². The molecule has 3 rings (SSSR count). The zero-order valence-corrected chi connectivity index (χ0v) is 19.7. The van der Waals surface area contributed by atoms with Crippen LogP contribution in [0.1, 0.15) is 51.9 Å². The highest BCUT2D eigenvalue weighted by molar-refractivity contribution is 7.17. The van der Waals surface area contributed by atoms with Crippen LogP contribution in [0.3, 0.4) is 0 Å². The van der Waals surface area contributed by atoms with Gasteiger partial charge in [0.25, 0.3) is 5.91 Å². The van der Waals surface area contributed by atoms with Crippen LogP contribution in [-0.2, 0) is 22.4 Å². The van der Waals surface area contributed by atoms with Gasteiger partial charge in [-0.2, -0.15) is 0 Å². The number of rotatable bonds is 3. The molecule has 1 aliphatic heterocycles. The molecule has 0 fully saturated rings. The van der Waals surface area contributed by atoms with Gasteiger partial charge in [-0.1, -0.05) is 23.2 Å². The van der Waals surface area contributed by atoms with Crippen LogP contribution in [0.25, 0.3) is 0 Å². The second-order valence-electron chi connectivity index (χ2n) is 7.78. The van der Waals surface area contributed by atoms with Crippen molar-refractivity contribution in [1.29, 1.82) is 0 Å². The van der Waals surface area contributed by atoms with Gasteiger partial charge in [0.15, 0.2) is 0 Å². The van der Waals surface area contributed by atoms with Crippen molar-refractivity contribution in [2.75, 3.05) is 19.0 Å². The van der Waals surface area contributed by atoms with Crippen molar-refractivity contribution in [2.45, 2.75) is 39.3 Å². The van der Waals surface area contributed by atoms with E-state index in [1.165, 1.54) is 30.6 Å². The van der Waals surface area contributed by atoms with Gasteiger partial charge in [0, 0.05) is 11.4 Å². The number of thiophene rings is 1. The Morgan fingerprint density at radius 3 is 2.55 bits per heavy atom. The van der Waals surface area contributed by atoms with Crippen LogP contribution < -0.4 is 5.32 Å². The molecule has 0 spiro atoms. The number of hydrogen-bond donors (Lipinski definition) is 1. The van der Waals surface area contributed by atoms with E-state index in [9.17, 15) is 14.4 Å². The Morgan fingerprint density at radius 2 is 1.94 bits per heavy atom. The van der Waals surface area contributed by atoms with Crippen molar-refractivity contribution in [2.24, 2.45) is 0 Å². The number of fused-ring (bicyclic) bond motifs is 1. The number of nitrogens with zero attached hydrogens (tertiary/aromatic N) is 2. The average Bonchev–Trinajstić information content (AvgIpc) is 3.02. The first kappa shape index (κ1) is 23.3. The van der Waals surface area contributed by atoms with Crippen molar-refractivity contribution in [1.82, 2.24) is 9.88 Å². The van der Waals surface area contributed by atoms with E-state index in [1.807, 2.05) is 0 Å². The summed E-state index contributed by atoms with van der Waals surface area (Å²) in [5.74, 6) is -1.11. The molecule has 0 aromatic carbocycles. The first-order chi connectivity index (χ1) is 14.5. The van der Waals surface area contributed by atoms with E-state index in [0.29, 0.717) is 18.0 Å². The number of esters is 1. The zero-order chi connectivity index (χ0) is 22.9. The molecule has 1 N–H and O–H groups in total. The summed E-state index contributed by atoms with van der Waals surface area (Å²) in [7, 11) is 1.27. The molecule has 8 nitrogen and oxygen atoms in total. The number of methoxy groups -OCH3 is 1. The molecule has 2 aromatic heterocycles. The molecule has 0 radical (unpaired) electrons. The Bertz CT molecular complexity index is 1050. The first-order valence-electron chi connectivity index (χ1n) is 9.34. The Morgan fingerprint density at radius 1 is 1.23 bits per heavy atom. The number of anilines is 1. The van der Waals surface area contributed by atoms with Crippen LogP contribution in [0.4, 0.5) is 9.80 Å². The SMILES string of the molecule is COC(=O)c1c(NC(=O)c2ccc(Cl)nc2Cl)sc2c1CCN(C(=O)OC(C)(C)C)C2. The van der Waals surface area contributed by atoms with E-state index < -0.39 is 23.6 Å². The van der Waals surface area contributed by atoms with Gasteiger partial charge in [-0.15, -0.1) is 11.3 Å². The predicted octanol–water partition coefficient (Wildman–Crippen LogP) is 4.78. The summed E-state index contributed by atoms with van der Waals surface area (Å²) in [6.07, 6.45) is -0.00923. The van der Waals surface area contributed by atoms with Gasteiger partial charge in [-0.25, -0.2) is 14.6 Å². The van der Waals surface area contributed by atoms with Crippen LogP contribution in [-0.4, -0.2) is 47.1 Å². The third-order valence-corrected chi connectivity index (χ3v) is 6.02. The van der Waals surface area contributed by atoms with Crippen LogP contribution in [0.15, 0.2) is 12.1 Å². The number of hydrogen-bond acceptors (Lipinski definition) is 7. The van der Waals surface area contributed by atoms with Crippen molar-refractivity contribution in [3.8, 4) is 0 Å². The second kappa shape index (κ2) is 9.02. The lowest BCUT2D eigenvalue weighted by Gasteiger charge is -2.30. The minimum absolute atomic E-state index is 0.0537. The fraction of sp³-hybridized carbons (Fsp3) is 0.400. The number of carbonyl (C=O) groups is 3. The van der Waals surface area contributed by atoms with Gasteiger partial charge in [0.2, 0.25) is 0 Å². The average molecular weight is 486 g/mol. The van der Waals surface area contributed by atoms with E-state index in [4.69, 9.17) is 32.7 Å². The van der Waals surface area contributed by atoms with Crippen LogP contribution >= 0.6 is 34.5 Å². The van der Waals surface area contributed by atoms with Crippen LogP contribution in [0, 0.1) is 0 Å².